The quantitative estimate of drug-likeness (QED) is 0.559. The topological polar surface area (TPSA) is 51.9 Å². The Hall–Kier alpha value is -3.68. The smallest absolute Gasteiger partial charge is 0.172 e. The molecule has 1 atom stereocenters. The van der Waals surface area contributed by atoms with Gasteiger partial charge in [0.25, 0.3) is 0 Å². The summed E-state index contributed by atoms with van der Waals surface area (Å²) in [5.41, 5.74) is 4.19. The maximum Gasteiger partial charge on any atom is 0.172 e. The van der Waals surface area contributed by atoms with Crippen molar-refractivity contribution in [3.05, 3.63) is 83.0 Å². The Morgan fingerprint density at radius 1 is 1.18 bits per heavy atom. The number of aryl methyl sites for hydroxylation is 1. The third kappa shape index (κ3) is 4.08. The van der Waals surface area contributed by atoms with Crippen molar-refractivity contribution in [2.75, 3.05) is 20.3 Å². The standard InChI is InChI=1S/C25H24F2N4O2/c1-16-13-30(15-28-16)22-8-5-17(11-24(22)32-2)10-18-4-3-9-31-23(14-33-29-25(18)31)20-7-6-19(26)12-21(20)27/h5-8,10-13,15,23H,3-4,9,14H2,1-2H3/b18-10+/t23-/m0/s1. The third-order valence-electron chi connectivity index (χ3n) is 6.02. The van der Waals surface area contributed by atoms with Crippen molar-refractivity contribution >= 4 is 11.9 Å². The van der Waals surface area contributed by atoms with Crippen molar-refractivity contribution in [1.29, 1.82) is 0 Å². The number of oxime groups is 1. The normalized spacial score (nSPS) is 19.2. The lowest BCUT2D eigenvalue weighted by atomic mass is 9.95. The molecule has 0 amide bonds. The van der Waals surface area contributed by atoms with Crippen molar-refractivity contribution in [2.24, 2.45) is 5.16 Å². The summed E-state index contributed by atoms with van der Waals surface area (Å²) in [4.78, 5) is 11.8. The molecular formula is C25H24F2N4O2. The summed E-state index contributed by atoms with van der Waals surface area (Å²) in [6, 6.07) is 9.29. The van der Waals surface area contributed by atoms with Crippen LogP contribution in [0, 0.1) is 18.6 Å². The number of piperidine rings is 1. The van der Waals surface area contributed by atoms with Crippen LogP contribution in [0.4, 0.5) is 8.78 Å². The molecule has 6 nitrogen and oxygen atoms in total. The first-order valence-corrected chi connectivity index (χ1v) is 10.8. The van der Waals surface area contributed by atoms with E-state index in [-0.39, 0.29) is 12.6 Å². The first-order valence-electron chi connectivity index (χ1n) is 10.8. The van der Waals surface area contributed by atoms with Gasteiger partial charge in [-0.3, -0.25) is 0 Å². The van der Waals surface area contributed by atoms with E-state index in [0.29, 0.717) is 11.4 Å². The highest BCUT2D eigenvalue weighted by Gasteiger charge is 2.34. The lowest BCUT2D eigenvalue weighted by Crippen LogP contribution is -2.44. The molecule has 0 aliphatic carbocycles. The minimum absolute atomic E-state index is 0.214. The minimum atomic E-state index is -0.593. The zero-order valence-corrected chi connectivity index (χ0v) is 18.5. The van der Waals surface area contributed by atoms with Crippen LogP contribution in [-0.2, 0) is 4.84 Å². The zero-order valence-electron chi connectivity index (χ0n) is 18.5. The van der Waals surface area contributed by atoms with Crippen LogP contribution in [0.2, 0.25) is 0 Å². The number of halogens is 2. The van der Waals surface area contributed by atoms with Crippen molar-refractivity contribution in [3.63, 3.8) is 0 Å². The molecule has 33 heavy (non-hydrogen) atoms. The number of benzene rings is 2. The molecule has 8 heteroatoms. The van der Waals surface area contributed by atoms with E-state index in [1.165, 1.54) is 12.1 Å². The molecule has 0 spiro atoms. The molecule has 1 fully saturated rings. The summed E-state index contributed by atoms with van der Waals surface area (Å²) in [5, 5.41) is 4.30. The molecule has 0 N–H and O–H groups in total. The summed E-state index contributed by atoms with van der Waals surface area (Å²) in [6.45, 7) is 2.88. The molecule has 0 bridgehead atoms. The molecule has 1 aromatic heterocycles. The number of aromatic nitrogens is 2. The lowest BCUT2D eigenvalue weighted by Gasteiger charge is -2.40. The number of nitrogens with zero attached hydrogens (tertiary/aromatic N) is 4. The Morgan fingerprint density at radius 3 is 2.82 bits per heavy atom. The highest BCUT2D eigenvalue weighted by atomic mass is 19.1. The number of hydrogen-bond acceptors (Lipinski definition) is 5. The van der Waals surface area contributed by atoms with Gasteiger partial charge in [0.15, 0.2) is 5.84 Å². The molecule has 0 radical (unpaired) electrons. The van der Waals surface area contributed by atoms with Gasteiger partial charge in [0.2, 0.25) is 0 Å². The van der Waals surface area contributed by atoms with Gasteiger partial charge in [0.1, 0.15) is 24.0 Å². The molecule has 2 aromatic carbocycles. The summed E-state index contributed by atoms with van der Waals surface area (Å²) in [6.07, 6.45) is 7.48. The van der Waals surface area contributed by atoms with Crippen LogP contribution in [0.5, 0.6) is 5.75 Å². The second-order valence-corrected chi connectivity index (χ2v) is 8.21. The number of rotatable bonds is 4. The molecule has 0 saturated carbocycles. The highest BCUT2D eigenvalue weighted by Crippen LogP contribution is 2.34. The van der Waals surface area contributed by atoms with Gasteiger partial charge >= 0.3 is 0 Å². The Morgan fingerprint density at radius 2 is 2.06 bits per heavy atom. The summed E-state index contributed by atoms with van der Waals surface area (Å²) < 4.78 is 35.5. The maximum atomic E-state index is 14.5. The van der Waals surface area contributed by atoms with Crippen molar-refractivity contribution in [2.45, 2.75) is 25.8 Å². The van der Waals surface area contributed by atoms with E-state index in [1.54, 1.807) is 13.4 Å². The van der Waals surface area contributed by atoms with E-state index >= 15 is 0 Å². The SMILES string of the molecule is COc1cc(/C=C2\CCCN3C2=NOC[C@H]3c2ccc(F)cc2F)ccc1-n1cnc(C)c1. The van der Waals surface area contributed by atoms with E-state index in [0.717, 1.165) is 53.7 Å². The van der Waals surface area contributed by atoms with Crippen molar-refractivity contribution in [3.8, 4) is 11.4 Å². The highest BCUT2D eigenvalue weighted by molar-refractivity contribution is 6.03. The average molecular weight is 450 g/mol. The van der Waals surface area contributed by atoms with Gasteiger partial charge in [-0.15, -0.1) is 0 Å². The van der Waals surface area contributed by atoms with Gasteiger partial charge in [0, 0.05) is 24.4 Å². The van der Waals surface area contributed by atoms with Gasteiger partial charge in [0.05, 0.1) is 30.9 Å². The summed E-state index contributed by atoms with van der Waals surface area (Å²) in [5.74, 6) is 0.248. The molecule has 0 unspecified atom stereocenters. The number of fused-ring (bicyclic) bond motifs is 1. The molecule has 170 valence electrons. The van der Waals surface area contributed by atoms with Crippen LogP contribution in [0.3, 0.4) is 0 Å². The summed E-state index contributed by atoms with van der Waals surface area (Å²) in [7, 11) is 1.64. The molecule has 2 aliphatic heterocycles. The predicted octanol–water partition coefficient (Wildman–Crippen LogP) is 5.03. The fourth-order valence-electron chi connectivity index (χ4n) is 4.43. The van der Waals surface area contributed by atoms with E-state index in [2.05, 4.69) is 21.1 Å². The Labute approximate surface area is 190 Å². The zero-order chi connectivity index (χ0) is 22.9. The van der Waals surface area contributed by atoms with Crippen molar-refractivity contribution < 1.29 is 18.4 Å². The van der Waals surface area contributed by atoms with E-state index in [4.69, 9.17) is 9.57 Å². The molecule has 3 aromatic rings. The number of amidine groups is 1. The van der Waals surface area contributed by atoms with Gasteiger partial charge in [-0.05, 0) is 55.2 Å². The molecule has 3 heterocycles. The number of ether oxygens (including phenoxy) is 1. The van der Waals surface area contributed by atoms with Crippen LogP contribution in [0.15, 0.2) is 59.7 Å². The van der Waals surface area contributed by atoms with Gasteiger partial charge in [-0.2, -0.15) is 0 Å². The van der Waals surface area contributed by atoms with Crippen LogP contribution in [-0.4, -0.2) is 40.5 Å². The second kappa shape index (κ2) is 8.69. The third-order valence-corrected chi connectivity index (χ3v) is 6.02. The second-order valence-electron chi connectivity index (χ2n) is 8.21. The number of methoxy groups -OCH3 is 1. The number of imidazole rings is 1. The van der Waals surface area contributed by atoms with E-state index in [1.807, 2.05) is 35.9 Å². The van der Waals surface area contributed by atoms with Crippen LogP contribution in [0.1, 0.15) is 35.7 Å². The minimum Gasteiger partial charge on any atom is -0.495 e. The lowest BCUT2D eigenvalue weighted by molar-refractivity contribution is 0.0561. The first-order chi connectivity index (χ1) is 16.0. The van der Waals surface area contributed by atoms with E-state index < -0.39 is 11.6 Å². The van der Waals surface area contributed by atoms with Crippen LogP contribution < -0.4 is 4.74 Å². The Bertz CT molecular complexity index is 1250. The predicted molar refractivity (Wildman–Crippen MR) is 121 cm³/mol. The number of hydrogen-bond donors (Lipinski definition) is 0. The fraction of sp³-hybridized carbons (Fsp3) is 0.280. The molecular weight excluding hydrogens is 426 g/mol. The largest absolute Gasteiger partial charge is 0.495 e. The Kier molecular flexibility index (Phi) is 5.58. The summed E-state index contributed by atoms with van der Waals surface area (Å²) >= 11 is 0. The van der Waals surface area contributed by atoms with Crippen LogP contribution in [0.25, 0.3) is 11.8 Å². The van der Waals surface area contributed by atoms with Crippen molar-refractivity contribution in [1.82, 2.24) is 14.5 Å². The van der Waals surface area contributed by atoms with Crippen LogP contribution >= 0.6 is 0 Å². The van der Waals surface area contributed by atoms with Gasteiger partial charge < -0.3 is 19.0 Å². The Balaban J connectivity index is 1.46. The van der Waals surface area contributed by atoms with Gasteiger partial charge in [-0.1, -0.05) is 17.3 Å². The van der Waals surface area contributed by atoms with Gasteiger partial charge in [-0.25, -0.2) is 13.8 Å². The molecule has 2 aliphatic rings. The first kappa shape index (κ1) is 21.2. The maximum absolute atomic E-state index is 14.5. The monoisotopic (exact) mass is 450 g/mol. The fourth-order valence-corrected chi connectivity index (χ4v) is 4.43. The molecule has 5 rings (SSSR count). The molecule has 1 saturated heterocycles. The van der Waals surface area contributed by atoms with E-state index in [9.17, 15) is 8.78 Å². The average Bonchev–Trinajstić information content (AvgIpc) is 3.25.